The van der Waals surface area contributed by atoms with Gasteiger partial charge in [0.1, 0.15) is 11.5 Å². The Morgan fingerprint density at radius 1 is 0.528 bits per heavy atom. The first kappa shape index (κ1) is 31.7. The molecule has 0 spiro atoms. The zero-order valence-electron chi connectivity index (χ0n) is 16.7. The van der Waals surface area contributed by atoms with Crippen LogP contribution in [0.2, 0.25) is 0 Å². The zero-order chi connectivity index (χ0) is 28.8. The fourth-order valence-corrected chi connectivity index (χ4v) is 2.38. The summed E-state index contributed by atoms with van der Waals surface area (Å²) in [6.45, 7) is -1.05. The lowest BCUT2D eigenvalue weighted by atomic mass is 9.88. The summed E-state index contributed by atoms with van der Waals surface area (Å²) in [4.78, 5) is 0. The molecule has 0 atom stereocenters. The maximum absolute atomic E-state index is 13.7. The Morgan fingerprint density at radius 2 is 0.889 bits per heavy atom. The largest absolute Gasteiger partial charge is 0.508 e. The topological polar surface area (TPSA) is 29.5 Å². The molecule has 0 aliphatic carbocycles. The molecule has 0 amide bonds. The summed E-state index contributed by atoms with van der Waals surface area (Å²) in [5.74, 6) is -56.9. The molecule has 210 valence electrons. The average molecular weight is 570 g/mol. The summed E-state index contributed by atoms with van der Waals surface area (Å²) in [5, 5.41) is 8.99. The lowest BCUT2D eigenvalue weighted by Crippen LogP contribution is -2.74. The number of phenols is 1. The van der Waals surface area contributed by atoms with Crippen LogP contribution in [0.1, 0.15) is 12.8 Å². The zero-order valence-corrected chi connectivity index (χ0v) is 16.7. The van der Waals surface area contributed by atoms with Crippen molar-refractivity contribution in [3.63, 3.8) is 0 Å². The van der Waals surface area contributed by atoms with Gasteiger partial charge >= 0.3 is 47.6 Å². The number of hydrogen-bond acceptors (Lipinski definition) is 2. The summed E-state index contributed by atoms with van der Waals surface area (Å²) >= 11 is 0. The Kier molecular flexibility index (Phi) is 8.07. The molecule has 1 aromatic carbocycles. The highest BCUT2D eigenvalue weighted by molar-refractivity contribution is 5.30. The second kappa shape index (κ2) is 9.18. The van der Waals surface area contributed by atoms with Crippen molar-refractivity contribution in [2.24, 2.45) is 0 Å². The predicted octanol–water partition coefficient (Wildman–Crippen LogP) is 7.56. The smallest absolute Gasteiger partial charge is 0.460 e. The van der Waals surface area contributed by atoms with E-state index >= 15 is 0 Å². The van der Waals surface area contributed by atoms with Gasteiger partial charge in [-0.2, -0.15) is 74.6 Å². The monoisotopic (exact) mass is 570 g/mol. The average Bonchev–Trinajstić information content (AvgIpc) is 2.70. The molecule has 0 unspecified atom stereocenters. The highest BCUT2D eigenvalue weighted by Crippen LogP contribution is 2.64. The predicted molar refractivity (Wildman–Crippen MR) is 83.5 cm³/mol. The van der Waals surface area contributed by atoms with Crippen molar-refractivity contribution < 1.29 is 84.5 Å². The van der Waals surface area contributed by atoms with Crippen LogP contribution in [0.5, 0.6) is 11.5 Å². The van der Waals surface area contributed by atoms with E-state index in [4.69, 9.17) is 5.11 Å². The Hall–Kier alpha value is -2.37. The minimum Gasteiger partial charge on any atom is -0.508 e. The van der Waals surface area contributed by atoms with Gasteiger partial charge in [0.25, 0.3) is 0 Å². The Morgan fingerprint density at radius 3 is 1.28 bits per heavy atom. The molecule has 0 aliphatic rings. The minimum atomic E-state index is -8.63. The first-order valence-electron chi connectivity index (χ1n) is 8.85. The molecule has 2 nitrogen and oxygen atoms in total. The molecule has 36 heavy (non-hydrogen) atoms. The van der Waals surface area contributed by atoms with Crippen molar-refractivity contribution in [3.8, 4) is 11.5 Å². The van der Waals surface area contributed by atoms with Crippen molar-refractivity contribution in [2.45, 2.75) is 60.5 Å². The molecule has 0 aliphatic heterocycles. The van der Waals surface area contributed by atoms with Gasteiger partial charge in [0, 0.05) is 6.42 Å². The first-order valence-corrected chi connectivity index (χ1v) is 8.85. The normalized spacial score (nSPS) is 15.2. The second-order valence-electron chi connectivity index (χ2n) is 7.09. The molecule has 1 N–H and O–H groups in total. The van der Waals surface area contributed by atoms with Gasteiger partial charge in [-0.05, 0) is 30.7 Å². The van der Waals surface area contributed by atoms with Gasteiger partial charge in [0.2, 0.25) is 0 Å². The summed E-state index contributed by atoms with van der Waals surface area (Å²) in [7, 11) is 0. The third-order valence-corrected chi connectivity index (χ3v) is 4.53. The number of hydrogen-bond donors (Lipinski definition) is 1. The van der Waals surface area contributed by atoms with E-state index in [0.717, 1.165) is 24.3 Å². The SMILES string of the molecule is Oc1ccc(OCCCC(F)(F)C(F)(F)C(F)(F)C(F)(F)C(F)(F)C(F)(F)C(F)(F)C(F)(F)F)cc1. The van der Waals surface area contributed by atoms with Crippen molar-refractivity contribution >= 4 is 0 Å². The molecule has 19 heteroatoms. The van der Waals surface area contributed by atoms with E-state index in [-0.39, 0.29) is 11.5 Å². The number of rotatable bonds is 11. The van der Waals surface area contributed by atoms with Gasteiger partial charge < -0.3 is 9.84 Å². The maximum Gasteiger partial charge on any atom is 0.460 e. The number of phenolic OH excluding ortho intramolecular Hbond substituents is 1. The van der Waals surface area contributed by atoms with E-state index in [2.05, 4.69) is 4.74 Å². The molecule has 0 saturated carbocycles. The second-order valence-corrected chi connectivity index (χ2v) is 7.09. The molecule has 0 bridgehead atoms. The number of benzene rings is 1. The van der Waals surface area contributed by atoms with Gasteiger partial charge in [0.15, 0.2) is 0 Å². The summed E-state index contributed by atoms with van der Waals surface area (Å²) in [5.41, 5.74) is 0. The summed E-state index contributed by atoms with van der Waals surface area (Å²) in [6, 6.07) is 3.91. The fraction of sp³-hybridized carbons (Fsp3) is 0.647. The Bertz CT molecular complexity index is 889. The van der Waals surface area contributed by atoms with Crippen LogP contribution in [0.4, 0.5) is 74.6 Å². The van der Waals surface area contributed by atoms with E-state index < -0.39 is 67.1 Å². The van der Waals surface area contributed by atoms with Gasteiger partial charge in [-0.25, -0.2) is 0 Å². The van der Waals surface area contributed by atoms with Crippen LogP contribution in [0.15, 0.2) is 24.3 Å². The van der Waals surface area contributed by atoms with Crippen molar-refractivity contribution in [1.82, 2.24) is 0 Å². The van der Waals surface area contributed by atoms with Gasteiger partial charge in [-0.15, -0.1) is 0 Å². The third kappa shape index (κ3) is 4.80. The van der Waals surface area contributed by atoms with E-state index in [1.54, 1.807) is 0 Å². The molecule has 0 heterocycles. The number of ether oxygens (including phenoxy) is 1. The van der Waals surface area contributed by atoms with Crippen LogP contribution < -0.4 is 4.74 Å². The van der Waals surface area contributed by atoms with Crippen molar-refractivity contribution in [2.75, 3.05) is 6.61 Å². The van der Waals surface area contributed by atoms with Crippen molar-refractivity contribution in [1.29, 1.82) is 0 Å². The molecule has 0 aromatic heterocycles. The van der Waals surface area contributed by atoms with E-state index in [9.17, 15) is 74.6 Å². The summed E-state index contributed by atoms with van der Waals surface area (Å²) < 4.78 is 228. The number of alkyl halides is 17. The lowest BCUT2D eigenvalue weighted by Gasteiger charge is -2.42. The van der Waals surface area contributed by atoms with Crippen LogP contribution in [0.3, 0.4) is 0 Å². The first-order chi connectivity index (χ1) is 15.7. The van der Waals surface area contributed by atoms with Crippen LogP contribution in [0.25, 0.3) is 0 Å². The van der Waals surface area contributed by atoms with E-state index in [0.29, 0.717) is 0 Å². The molecule has 0 fully saturated rings. The number of aromatic hydroxyl groups is 1. The van der Waals surface area contributed by atoms with Gasteiger partial charge in [0.05, 0.1) is 6.61 Å². The summed E-state index contributed by atoms with van der Waals surface area (Å²) in [6.07, 6.45) is -11.8. The molecule has 0 radical (unpaired) electrons. The van der Waals surface area contributed by atoms with E-state index in [1.165, 1.54) is 0 Å². The molecule has 1 rings (SSSR count). The lowest BCUT2D eigenvalue weighted by molar-refractivity contribution is -0.461. The Labute approximate surface area is 188 Å². The molecular weight excluding hydrogens is 559 g/mol. The van der Waals surface area contributed by atoms with Crippen LogP contribution in [0, 0.1) is 0 Å². The van der Waals surface area contributed by atoms with Crippen LogP contribution in [-0.4, -0.2) is 59.3 Å². The Balaban J connectivity index is 3.23. The quantitative estimate of drug-likeness (QED) is 0.220. The third-order valence-electron chi connectivity index (χ3n) is 4.53. The molecule has 1 aromatic rings. The molecule has 0 saturated heterocycles. The van der Waals surface area contributed by atoms with Gasteiger partial charge in [-0.3, -0.25) is 0 Å². The van der Waals surface area contributed by atoms with Crippen molar-refractivity contribution in [3.05, 3.63) is 24.3 Å². The van der Waals surface area contributed by atoms with E-state index in [1.807, 2.05) is 0 Å². The van der Waals surface area contributed by atoms with Crippen LogP contribution in [-0.2, 0) is 0 Å². The van der Waals surface area contributed by atoms with Gasteiger partial charge in [-0.1, -0.05) is 0 Å². The number of halogens is 17. The highest BCUT2D eigenvalue weighted by atomic mass is 19.4. The van der Waals surface area contributed by atoms with Crippen LogP contribution >= 0.6 is 0 Å². The minimum absolute atomic E-state index is 0.229. The highest BCUT2D eigenvalue weighted by Gasteiger charge is 2.95. The standard InChI is InChI=1S/C17H11F17O2/c18-10(19,6-1-7-36-9-4-2-8(35)3-5-9)11(20,21)12(22,23)13(24,25)14(26,27)15(28,29)16(30,31)17(32,33)34/h2-5,35H,1,6-7H2. The maximum atomic E-state index is 13.7. The molecular formula is C17H11F17O2. The fourth-order valence-electron chi connectivity index (χ4n) is 2.38.